The zero-order valence-corrected chi connectivity index (χ0v) is 14.9. The van der Waals surface area contributed by atoms with Crippen molar-refractivity contribution >= 4 is 29.3 Å². The van der Waals surface area contributed by atoms with Crippen LogP contribution in [0.5, 0.6) is 11.5 Å². The minimum absolute atomic E-state index is 0.576. The quantitative estimate of drug-likeness (QED) is 0.349. The zero-order valence-electron chi connectivity index (χ0n) is 14.1. The molecule has 1 heterocycles. The molecule has 0 bridgehead atoms. The highest BCUT2D eigenvalue weighted by Gasteiger charge is 2.13. The molecule has 0 N–H and O–H groups in total. The van der Waals surface area contributed by atoms with Gasteiger partial charge in [0, 0.05) is 10.5 Å². The van der Waals surface area contributed by atoms with Crippen LogP contribution < -0.4 is 9.47 Å². The van der Waals surface area contributed by atoms with Gasteiger partial charge in [0.15, 0.2) is 6.29 Å². The molecule has 1 aromatic heterocycles. The number of allylic oxidation sites excluding steroid dienone is 1. The third kappa shape index (κ3) is 3.49. The van der Waals surface area contributed by atoms with E-state index < -0.39 is 0 Å². The summed E-state index contributed by atoms with van der Waals surface area (Å²) in [6, 6.07) is 17.5. The summed E-state index contributed by atoms with van der Waals surface area (Å²) in [5, 5.41) is 2.03. The average molecular weight is 350 g/mol. The molecule has 0 saturated heterocycles. The molecule has 25 heavy (non-hydrogen) atoms. The van der Waals surface area contributed by atoms with Gasteiger partial charge in [-0.05, 0) is 40.8 Å². The molecule has 0 spiro atoms. The average Bonchev–Trinajstić information content (AvgIpc) is 3.20. The van der Waals surface area contributed by atoms with E-state index in [1.54, 1.807) is 25.6 Å². The van der Waals surface area contributed by atoms with Crippen molar-refractivity contribution in [2.75, 3.05) is 14.2 Å². The Morgan fingerprint density at radius 3 is 2.24 bits per heavy atom. The van der Waals surface area contributed by atoms with Crippen molar-refractivity contribution in [1.82, 2.24) is 0 Å². The highest BCUT2D eigenvalue weighted by molar-refractivity contribution is 7.13. The lowest BCUT2D eigenvalue weighted by Crippen LogP contribution is -1.95. The minimum atomic E-state index is 0.576. The SMILES string of the molecule is COc1cccc(OC)c1/C=C(\C=O)c1ccccc1-c1cccs1. The van der Waals surface area contributed by atoms with Crippen molar-refractivity contribution in [3.63, 3.8) is 0 Å². The van der Waals surface area contributed by atoms with Crippen LogP contribution in [-0.4, -0.2) is 20.5 Å². The van der Waals surface area contributed by atoms with E-state index in [0.29, 0.717) is 17.1 Å². The Hall–Kier alpha value is -2.85. The Bertz CT molecular complexity index is 873. The Balaban J connectivity index is 2.18. The highest BCUT2D eigenvalue weighted by Crippen LogP contribution is 2.35. The molecule has 0 amide bonds. The Labute approximate surface area is 151 Å². The number of benzene rings is 2. The number of carbonyl (C=O) groups is 1. The Morgan fingerprint density at radius 1 is 0.920 bits per heavy atom. The van der Waals surface area contributed by atoms with Gasteiger partial charge in [-0.2, -0.15) is 0 Å². The maximum atomic E-state index is 11.9. The van der Waals surface area contributed by atoms with Gasteiger partial charge in [0.05, 0.1) is 19.8 Å². The van der Waals surface area contributed by atoms with Crippen molar-refractivity contribution in [2.45, 2.75) is 0 Å². The molecule has 2 aromatic carbocycles. The normalized spacial score (nSPS) is 11.2. The van der Waals surface area contributed by atoms with Crippen molar-refractivity contribution in [3.8, 4) is 21.9 Å². The van der Waals surface area contributed by atoms with Gasteiger partial charge in [0.25, 0.3) is 0 Å². The van der Waals surface area contributed by atoms with E-state index in [2.05, 4.69) is 6.07 Å². The fourth-order valence-electron chi connectivity index (χ4n) is 2.73. The van der Waals surface area contributed by atoms with Crippen LogP contribution in [-0.2, 0) is 4.79 Å². The summed E-state index contributed by atoms with van der Waals surface area (Å²) in [4.78, 5) is 13.0. The summed E-state index contributed by atoms with van der Waals surface area (Å²) in [7, 11) is 3.21. The number of aldehydes is 1. The number of hydrogen-bond donors (Lipinski definition) is 0. The van der Waals surface area contributed by atoms with Gasteiger partial charge in [-0.15, -0.1) is 11.3 Å². The van der Waals surface area contributed by atoms with E-state index in [4.69, 9.17) is 9.47 Å². The van der Waals surface area contributed by atoms with E-state index in [0.717, 1.165) is 27.9 Å². The molecule has 4 heteroatoms. The predicted molar refractivity (Wildman–Crippen MR) is 103 cm³/mol. The maximum absolute atomic E-state index is 11.9. The molecule has 126 valence electrons. The maximum Gasteiger partial charge on any atom is 0.150 e. The fourth-order valence-corrected chi connectivity index (χ4v) is 3.50. The number of thiophene rings is 1. The smallest absolute Gasteiger partial charge is 0.150 e. The van der Waals surface area contributed by atoms with Crippen molar-refractivity contribution in [1.29, 1.82) is 0 Å². The molecule has 3 nitrogen and oxygen atoms in total. The lowest BCUT2D eigenvalue weighted by molar-refractivity contribution is -0.103. The number of methoxy groups -OCH3 is 2. The Kier molecular flexibility index (Phi) is 5.31. The first-order valence-corrected chi connectivity index (χ1v) is 8.67. The number of ether oxygens (including phenoxy) is 2. The summed E-state index contributed by atoms with van der Waals surface area (Å²) >= 11 is 1.65. The highest BCUT2D eigenvalue weighted by atomic mass is 32.1. The first kappa shape index (κ1) is 17.0. The van der Waals surface area contributed by atoms with Crippen LogP contribution in [0, 0.1) is 0 Å². The second-order valence-electron chi connectivity index (χ2n) is 5.32. The molecule has 0 unspecified atom stereocenters. The largest absolute Gasteiger partial charge is 0.496 e. The van der Waals surface area contributed by atoms with Gasteiger partial charge >= 0.3 is 0 Å². The molecule has 0 aliphatic rings. The van der Waals surface area contributed by atoms with Crippen LogP contribution in [0.4, 0.5) is 0 Å². The number of carbonyl (C=O) groups excluding carboxylic acids is 1. The van der Waals surface area contributed by atoms with Crippen LogP contribution in [0.3, 0.4) is 0 Å². The van der Waals surface area contributed by atoms with Gasteiger partial charge in [-0.3, -0.25) is 4.79 Å². The predicted octanol–water partition coefficient (Wildman–Crippen LogP) is 5.17. The van der Waals surface area contributed by atoms with Crippen LogP contribution >= 0.6 is 11.3 Å². The minimum Gasteiger partial charge on any atom is -0.496 e. The summed E-state index contributed by atoms with van der Waals surface area (Å²) < 4.78 is 10.9. The van der Waals surface area contributed by atoms with E-state index in [1.165, 1.54) is 0 Å². The van der Waals surface area contributed by atoms with Crippen molar-refractivity contribution in [2.24, 2.45) is 0 Å². The fraction of sp³-hybridized carbons (Fsp3) is 0.0952. The standard InChI is InChI=1S/C21H18O3S/c1-23-19-9-5-10-20(24-2)18(19)13-15(14-22)16-7-3-4-8-17(16)21-11-6-12-25-21/h3-14H,1-2H3/b15-13+. The Morgan fingerprint density at radius 2 is 1.64 bits per heavy atom. The summed E-state index contributed by atoms with van der Waals surface area (Å²) in [6.07, 6.45) is 2.69. The second-order valence-corrected chi connectivity index (χ2v) is 6.26. The third-order valence-corrected chi connectivity index (χ3v) is 4.82. The van der Waals surface area contributed by atoms with Crippen molar-refractivity contribution in [3.05, 3.63) is 71.1 Å². The molecule has 0 aliphatic heterocycles. The number of hydrogen-bond acceptors (Lipinski definition) is 4. The van der Waals surface area contributed by atoms with Crippen LogP contribution in [0.15, 0.2) is 60.0 Å². The lowest BCUT2D eigenvalue weighted by atomic mass is 9.97. The molecule has 0 fully saturated rings. The van der Waals surface area contributed by atoms with Crippen LogP contribution in [0.1, 0.15) is 11.1 Å². The second kappa shape index (κ2) is 7.81. The summed E-state index contributed by atoms with van der Waals surface area (Å²) in [6.45, 7) is 0. The van der Waals surface area contributed by atoms with E-state index >= 15 is 0 Å². The lowest BCUT2D eigenvalue weighted by Gasteiger charge is -2.12. The number of rotatable bonds is 6. The van der Waals surface area contributed by atoms with Gasteiger partial charge in [0.1, 0.15) is 11.5 Å². The van der Waals surface area contributed by atoms with E-state index in [-0.39, 0.29) is 0 Å². The zero-order chi connectivity index (χ0) is 17.6. The molecule has 0 atom stereocenters. The molecule has 3 aromatic rings. The summed E-state index contributed by atoms with van der Waals surface area (Å²) in [5.41, 5.74) is 3.24. The topological polar surface area (TPSA) is 35.5 Å². The van der Waals surface area contributed by atoms with E-state index in [1.807, 2.05) is 60.0 Å². The molecular formula is C21H18O3S. The molecule has 0 saturated carbocycles. The first-order chi connectivity index (χ1) is 12.3. The third-order valence-electron chi connectivity index (χ3n) is 3.92. The molecular weight excluding hydrogens is 332 g/mol. The van der Waals surface area contributed by atoms with Gasteiger partial charge in [-0.1, -0.05) is 36.4 Å². The molecule has 3 rings (SSSR count). The van der Waals surface area contributed by atoms with Gasteiger partial charge in [0.2, 0.25) is 0 Å². The van der Waals surface area contributed by atoms with Gasteiger partial charge < -0.3 is 9.47 Å². The summed E-state index contributed by atoms with van der Waals surface area (Å²) in [5.74, 6) is 1.32. The molecule has 0 radical (unpaired) electrons. The monoisotopic (exact) mass is 350 g/mol. The molecule has 0 aliphatic carbocycles. The first-order valence-electron chi connectivity index (χ1n) is 7.79. The van der Waals surface area contributed by atoms with Gasteiger partial charge in [-0.25, -0.2) is 0 Å². The van der Waals surface area contributed by atoms with Crippen LogP contribution in [0.2, 0.25) is 0 Å². The van der Waals surface area contributed by atoms with Crippen LogP contribution in [0.25, 0.3) is 22.1 Å². The van der Waals surface area contributed by atoms with Crippen molar-refractivity contribution < 1.29 is 14.3 Å². The van der Waals surface area contributed by atoms with E-state index in [9.17, 15) is 4.79 Å².